The Bertz CT molecular complexity index is 306. The van der Waals surface area contributed by atoms with Crippen molar-refractivity contribution in [3.05, 3.63) is 18.2 Å². The van der Waals surface area contributed by atoms with E-state index >= 15 is 0 Å². The molecular formula is C12H21N3. The van der Waals surface area contributed by atoms with Crippen molar-refractivity contribution < 1.29 is 0 Å². The molecule has 0 bridgehead atoms. The molecule has 0 saturated carbocycles. The fraction of sp³-hybridized carbons (Fsp3) is 0.750. The zero-order chi connectivity index (χ0) is 10.7. The molecule has 2 atom stereocenters. The second-order valence-corrected chi connectivity index (χ2v) is 4.61. The molecule has 1 N–H and O–H groups in total. The molecule has 0 aromatic carbocycles. The van der Waals surface area contributed by atoms with Crippen LogP contribution in [0.25, 0.3) is 0 Å². The molecule has 0 aliphatic carbocycles. The van der Waals surface area contributed by atoms with Crippen LogP contribution in [0.2, 0.25) is 0 Å². The second kappa shape index (κ2) is 4.79. The molecule has 1 aromatic heterocycles. The third-order valence-electron chi connectivity index (χ3n) is 3.53. The van der Waals surface area contributed by atoms with Gasteiger partial charge in [0.05, 0.1) is 0 Å². The first-order valence-corrected chi connectivity index (χ1v) is 5.99. The van der Waals surface area contributed by atoms with Crippen LogP contribution in [0.4, 0.5) is 0 Å². The topological polar surface area (TPSA) is 29.9 Å². The van der Waals surface area contributed by atoms with Gasteiger partial charge >= 0.3 is 0 Å². The van der Waals surface area contributed by atoms with Gasteiger partial charge in [0, 0.05) is 31.9 Å². The Hall–Kier alpha value is -0.830. The number of nitrogens with one attached hydrogen (secondary N) is 1. The zero-order valence-corrected chi connectivity index (χ0v) is 9.74. The smallest absolute Gasteiger partial charge is 0.109 e. The van der Waals surface area contributed by atoms with Gasteiger partial charge in [0.25, 0.3) is 0 Å². The van der Waals surface area contributed by atoms with Gasteiger partial charge in [-0.1, -0.05) is 13.3 Å². The lowest BCUT2D eigenvalue weighted by atomic mass is 9.89. The molecule has 1 aromatic rings. The van der Waals surface area contributed by atoms with E-state index in [2.05, 4.69) is 28.8 Å². The van der Waals surface area contributed by atoms with E-state index in [0.717, 1.165) is 12.3 Å². The number of nitrogens with zero attached hydrogens (tertiary/aromatic N) is 2. The Morgan fingerprint density at radius 3 is 3.13 bits per heavy atom. The SMILES string of the molecule is CCC1CCNC(Cc2nccn2C)C1. The van der Waals surface area contributed by atoms with Crippen LogP contribution in [-0.2, 0) is 13.5 Å². The van der Waals surface area contributed by atoms with Crippen LogP contribution in [-0.4, -0.2) is 22.1 Å². The third kappa shape index (κ3) is 2.59. The van der Waals surface area contributed by atoms with Gasteiger partial charge in [0.1, 0.15) is 5.82 Å². The number of imidazole rings is 1. The molecule has 0 amide bonds. The van der Waals surface area contributed by atoms with Gasteiger partial charge in [-0.2, -0.15) is 0 Å². The molecule has 1 saturated heterocycles. The minimum absolute atomic E-state index is 0.629. The Morgan fingerprint density at radius 2 is 2.47 bits per heavy atom. The van der Waals surface area contributed by atoms with Crippen LogP contribution < -0.4 is 5.32 Å². The van der Waals surface area contributed by atoms with Crippen molar-refractivity contribution in [2.24, 2.45) is 13.0 Å². The Kier molecular flexibility index (Phi) is 3.41. The van der Waals surface area contributed by atoms with Gasteiger partial charge in [-0.3, -0.25) is 0 Å². The van der Waals surface area contributed by atoms with E-state index in [0.29, 0.717) is 6.04 Å². The average Bonchev–Trinajstić information content (AvgIpc) is 2.65. The summed E-state index contributed by atoms with van der Waals surface area (Å²) in [4.78, 5) is 4.38. The maximum Gasteiger partial charge on any atom is 0.109 e. The van der Waals surface area contributed by atoms with Gasteiger partial charge in [-0.25, -0.2) is 4.98 Å². The number of aromatic nitrogens is 2. The fourth-order valence-electron chi connectivity index (χ4n) is 2.43. The third-order valence-corrected chi connectivity index (χ3v) is 3.53. The molecule has 84 valence electrons. The molecular weight excluding hydrogens is 186 g/mol. The lowest BCUT2D eigenvalue weighted by molar-refractivity contribution is 0.290. The maximum absolute atomic E-state index is 4.38. The highest BCUT2D eigenvalue weighted by Gasteiger charge is 2.21. The van der Waals surface area contributed by atoms with E-state index in [9.17, 15) is 0 Å². The first-order valence-electron chi connectivity index (χ1n) is 5.99. The summed E-state index contributed by atoms with van der Waals surface area (Å²) in [6, 6.07) is 0.629. The molecule has 1 fully saturated rings. The quantitative estimate of drug-likeness (QED) is 0.818. The molecule has 1 aliphatic heterocycles. The molecule has 0 radical (unpaired) electrons. The first-order chi connectivity index (χ1) is 7.29. The van der Waals surface area contributed by atoms with Crippen molar-refractivity contribution in [2.75, 3.05) is 6.54 Å². The number of hydrogen-bond donors (Lipinski definition) is 1. The molecule has 0 spiro atoms. The summed E-state index contributed by atoms with van der Waals surface area (Å²) < 4.78 is 2.12. The monoisotopic (exact) mass is 207 g/mol. The van der Waals surface area contributed by atoms with Crippen molar-refractivity contribution in [1.82, 2.24) is 14.9 Å². The van der Waals surface area contributed by atoms with Gasteiger partial charge < -0.3 is 9.88 Å². The molecule has 3 heteroatoms. The highest BCUT2D eigenvalue weighted by atomic mass is 15.0. The number of rotatable bonds is 3. The number of hydrogen-bond acceptors (Lipinski definition) is 2. The number of piperidine rings is 1. The average molecular weight is 207 g/mol. The highest BCUT2D eigenvalue weighted by Crippen LogP contribution is 2.20. The molecule has 1 aliphatic rings. The van der Waals surface area contributed by atoms with Crippen molar-refractivity contribution in [3.8, 4) is 0 Å². The van der Waals surface area contributed by atoms with E-state index in [1.807, 2.05) is 12.4 Å². The molecule has 15 heavy (non-hydrogen) atoms. The van der Waals surface area contributed by atoms with Crippen LogP contribution in [0.1, 0.15) is 32.0 Å². The van der Waals surface area contributed by atoms with E-state index in [1.165, 1.54) is 31.6 Å². The predicted octanol–water partition coefficient (Wildman–Crippen LogP) is 1.74. The predicted molar refractivity (Wildman–Crippen MR) is 61.7 cm³/mol. The normalized spacial score (nSPS) is 26.8. The van der Waals surface area contributed by atoms with Crippen molar-refractivity contribution in [1.29, 1.82) is 0 Å². The Labute approximate surface area is 91.9 Å². The summed E-state index contributed by atoms with van der Waals surface area (Å²) in [6.07, 6.45) is 8.95. The first kappa shape index (κ1) is 10.7. The minimum atomic E-state index is 0.629. The van der Waals surface area contributed by atoms with E-state index in [1.54, 1.807) is 0 Å². The van der Waals surface area contributed by atoms with Crippen LogP contribution >= 0.6 is 0 Å². The minimum Gasteiger partial charge on any atom is -0.338 e. The van der Waals surface area contributed by atoms with E-state index in [-0.39, 0.29) is 0 Å². The lowest BCUT2D eigenvalue weighted by Crippen LogP contribution is -2.39. The van der Waals surface area contributed by atoms with Crippen LogP contribution in [0.15, 0.2) is 12.4 Å². The van der Waals surface area contributed by atoms with Gasteiger partial charge in [0.2, 0.25) is 0 Å². The molecule has 3 nitrogen and oxygen atoms in total. The van der Waals surface area contributed by atoms with Crippen molar-refractivity contribution in [2.45, 2.75) is 38.6 Å². The van der Waals surface area contributed by atoms with Gasteiger partial charge in [-0.15, -0.1) is 0 Å². The van der Waals surface area contributed by atoms with Crippen LogP contribution in [0.3, 0.4) is 0 Å². The largest absolute Gasteiger partial charge is 0.338 e. The highest BCUT2D eigenvalue weighted by molar-refractivity contribution is 4.95. The van der Waals surface area contributed by atoms with Crippen molar-refractivity contribution >= 4 is 0 Å². The van der Waals surface area contributed by atoms with E-state index < -0.39 is 0 Å². The summed E-state index contributed by atoms with van der Waals surface area (Å²) in [5.74, 6) is 2.11. The second-order valence-electron chi connectivity index (χ2n) is 4.61. The summed E-state index contributed by atoms with van der Waals surface area (Å²) >= 11 is 0. The molecule has 2 heterocycles. The summed E-state index contributed by atoms with van der Waals surface area (Å²) in [7, 11) is 2.07. The maximum atomic E-state index is 4.38. The van der Waals surface area contributed by atoms with E-state index in [4.69, 9.17) is 0 Å². The molecule has 2 unspecified atom stereocenters. The van der Waals surface area contributed by atoms with Crippen LogP contribution in [0, 0.1) is 5.92 Å². The van der Waals surface area contributed by atoms with Crippen LogP contribution in [0.5, 0.6) is 0 Å². The van der Waals surface area contributed by atoms with Crippen molar-refractivity contribution in [3.63, 3.8) is 0 Å². The fourth-order valence-corrected chi connectivity index (χ4v) is 2.43. The summed E-state index contributed by atoms with van der Waals surface area (Å²) in [6.45, 7) is 3.47. The Balaban J connectivity index is 1.92. The number of aryl methyl sites for hydroxylation is 1. The van der Waals surface area contributed by atoms with Gasteiger partial charge in [0.15, 0.2) is 0 Å². The molecule has 2 rings (SSSR count). The summed E-state index contributed by atoms with van der Waals surface area (Å²) in [5, 5.41) is 3.60. The Morgan fingerprint density at radius 1 is 1.60 bits per heavy atom. The lowest BCUT2D eigenvalue weighted by Gasteiger charge is -2.29. The standard InChI is InChI=1S/C12H21N3/c1-3-10-4-5-13-11(8-10)9-12-14-6-7-15(12)2/h6-7,10-11,13H,3-5,8-9H2,1-2H3. The van der Waals surface area contributed by atoms with Gasteiger partial charge in [-0.05, 0) is 25.3 Å². The summed E-state index contributed by atoms with van der Waals surface area (Å²) in [5.41, 5.74) is 0. The zero-order valence-electron chi connectivity index (χ0n) is 9.74.